The molecule has 4 heterocycles. The Bertz CT molecular complexity index is 1360. The van der Waals surface area contributed by atoms with Gasteiger partial charge in [-0.2, -0.15) is 0 Å². The molecule has 1 aromatic carbocycles. The molecule has 1 atom stereocenters. The van der Waals surface area contributed by atoms with E-state index < -0.39 is 11.4 Å². The number of H-pyrrole nitrogens is 1. The summed E-state index contributed by atoms with van der Waals surface area (Å²) in [7, 11) is 0. The zero-order valence-corrected chi connectivity index (χ0v) is 17.7. The molecule has 152 valence electrons. The summed E-state index contributed by atoms with van der Waals surface area (Å²) in [5, 5.41) is 13.5. The van der Waals surface area contributed by atoms with Crippen LogP contribution in [0.3, 0.4) is 0 Å². The van der Waals surface area contributed by atoms with E-state index in [1.807, 2.05) is 16.1 Å². The van der Waals surface area contributed by atoms with Crippen molar-refractivity contribution in [3.63, 3.8) is 0 Å². The summed E-state index contributed by atoms with van der Waals surface area (Å²) >= 11 is 1.57. The zero-order chi connectivity index (χ0) is 21.2. The molecule has 7 heteroatoms. The van der Waals surface area contributed by atoms with Crippen molar-refractivity contribution >= 4 is 28.2 Å². The molecule has 0 bridgehead atoms. The largest absolute Gasteiger partial charge is 0.477 e. The summed E-state index contributed by atoms with van der Waals surface area (Å²) in [4.78, 5) is 32.1. The molecule has 0 radical (unpaired) electrons. The van der Waals surface area contributed by atoms with Gasteiger partial charge < -0.3 is 14.7 Å². The van der Waals surface area contributed by atoms with Crippen LogP contribution in [-0.2, 0) is 6.42 Å². The fourth-order valence-corrected chi connectivity index (χ4v) is 5.13. The summed E-state index contributed by atoms with van der Waals surface area (Å²) in [6, 6.07) is 5.64. The molecule has 0 amide bonds. The van der Waals surface area contributed by atoms with E-state index >= 15 is 0 Å². The number of rotatable bonds is 2. The number of aromatic nitrogens is 3. The molecule has 3 aromatic heterocycles. The fraction of sp³-hybridized carbons (Fsp3) is 0.261. The number of nitrogens with one attached hydrogen (secondary N) is 1. The average Bonchev–Trinajstić information content (AvgIpc) is 3.37. The first-order valence-corrected chi connectivity index (χ1v) is 10.7. The highest BCUT2D eigenvalue weighted by molar-refractivity contribution is 7.13. The number of pyridine rings is 1. The standard InChI is InChI=1S/C23H21N3O3S/c1-23(2,3)19-9-14-13(17-10-18(27)16(22(28)29)11-26(17)19)8-15(21-25-6-7-30-21)12-4-5-24-20(12)14/h4-8,10-11,19,24H,9H2,1-3H3,(H,28,29)/t19-/m0/s1. The average molecular weight is 420 g/mol. The third kappa shape index (κ3) is 2.73. The second-order valence-corrected chi connectivity index (χ2v) is 9.68. The molecule has 0 saturated carbocycles. The highest BCUT2D eigenvalue weighted by Gasteiger charge is 2.35. The van der Waals surface area contributed by atoms with E-state index in [1.54, 1.807) is 17.5 Å². The van der Waals surface area contributed by atoms with Gasteiger partial charge in [-0.3, -0.25) is 4.79 Å². The van der Waals surface area contributed by atoms with E-state index in [4.69, 9.17) is 0 Å². The monoisotopic (exact) mass is 419 g/mol. The van der Waals surface area contributed by atoms with Crippen LogP contribution in [0.15, 0.2) is 47.0 Å². The summed E-state index contributed by atoms with van der Waals surface area (Å²) in [6.07, 6.45) is 5.97. The van der Waals surface area contributed by atoms with Crippen molar-refractivity contribution in [2.45, 2.75) is 33.2 Å². The lowest BCUT2D eigenvalue weighted by Crippen LogP contribution is -2.33. The first-order valence-electron chi connectivity index (χ1n) is 9.78. The Balaban J connectivity index is 1.88. The lowest BCUT2D eigenvalue weighted by atomic mass is 9.78. The van der Waals surface area contributed by atoms with Crippen LogP contribution in [0.5, 0.6) is 0 Å². The third-order valence-electron chi connectivity index (χ3n) is 5.93. The van der Waals surface area contributed by atoms with Crippen molar-refractivity contribution in [1.29, 1.82) is 0 Å². The molecule has 6 nitrogen and oxygen atoms in total. The Morgan fingerprint density at radius 3 is 2.77 bits per heavy atom. The van der Waals surface area contributed by atoms with Gasteiger partial charge >= 0.3 is 5.97 Å². The molecule has 30 heavy (non-hydrogen) atoms. The van der Waals surface area contributed by atoms with Crippen LogP contribution in [0, 0.1) is 5.41 Å². The topological polar surface area (TPSA) is 88.0 Å². The smallest absolute Gasteiger partial charge is 0.341 e. The summed E-state index contributed by atoms with van der Waals surface area (Å²) in [5.41, 5.74) is 4.10. The third-order valence-corrected chi connectivity index (χ3v) is 6.74. The maximum atomic E-state index is 12.6. The Labute approximate surface area is 176 Å². The van der Waals surface area contributed by atoms with Crippen LogP contribution in [0.4, 0.5) is 0 Å². The van der Waals surface area contributed by atoms with Gasteiger partial charge in [0.25, 0.3) is 0 Å². The van der Waals surface area contributed by atoms with Gasteiger partial charge in [0.1, 0.15) is 10.6 Å². The fourth-order valence-electron chi connectivity index (χ4n) is 4.46. The second-order valence-electron chi connectivity index (χ2n) is 8.79. The van der Waals surface area contributed by atoms with Crippen molar-refractivity contribution in [3.05, 3.63) is 63.5 Å². The van der Waals surface area contributed by atoms with Crippen LogP contribution >= 0.6 is 11.3 Å². The van der Waals surface area contributed by atoms with Gasteiger partial charge in [0.2, 0.25) is 0 Å². The van der Waals surface area contributed by atoms with Gasteiger partial charge in [0.05, 0.1) is 11.2 Å². The van der Waals surface area contributed by atoms with Crippen molar-refractivity contribution < 1.29 is 9.90 Å². The van der Waals surface area contributed by atoms with Gasteiger partial charge in [-0.05, 0) is 29.5 Å². The van der Waals surface area contributed by atoms with E-state index in [0.29, 0.717) is 0 Å². The molecule has 1 aliphatic rings. The van der Waals surface area contributed by atoms with Gasteiger partial charge in [-0.1, -0.05) is 20.8 Å². The first-order chi connectivity index (χ1) is 14.3. The van der Waals surface area contributed by atoms with E-state index in [9.17, 15) is 14.7 Å². The van der Waals surface area contributed by atoms with Crippen LogP contribution < -0.4 is 5.43 Å². The van der Waals surface area contributed by atoms with Crippen molar-refractivity contribution in [3.8, 4) is 21.8 Å². The van der Waals surface area contributed by atoms with Crippen LogP contribution in [0.25, 0.3) is 32.7 Å². The molecule has 2 N–H and O–H groups in total. The highest BCUT2D eigenvalue weighted by atomic mass is 32.1. The van der Waals surface area contributed by atoms with Crippen molar-refractivity contribution in [2.24, 2.45) is 5.41 Å². The molecular formula is C23H21N3O3S. The predicted octanol–water partition coefficient (Wildman–Crippen LogP) is 4.96. The van der Waals surface area contributed by atoms with E-state index in [0.717, 1.165) is 44.7 Å². The predicted molar refractivity (Wildman–Crippen MR) is 118 cm³/mol. The number of aromatic amines is 1. The van der Waals surface area contributed by atoms with Crippen LogP contribution in [-0.4, -0.2) is 25.6 Å². The summed E-state index contributed by atoms with van der Waals surface area (Å²) in [5.74, 6) is -1.20. The molecule has 0 spiro atoms. The Morgan fingerprint density at radius 1 is 1.30 bits per heavy atom. The number of hydrogen-bond acceptors (Lipinski definition) is 4. The van der Waals surface area contributed by atoms with Crippen LogP contribution in [0.1, 0.15) is 42.7 Å². The van der Waals surface area contributed by atoms with Gasteiger partial charge in [0.15, 0.2) is 5.43 Å². The molecule has 4 aromatic rings. The highest BCUT2D eigenvalue weighted by Crippen LogP contribution is 2.46. The SMILES string of the molecule is CC(C)(C)[C@@H]1Cc2c(cc(-c3nccs3)c3cc[nH]c23)-c2cc(=O)c(C(=O)O)cn21. The number of carboxylic acid groups (broad SMARTS) is 1. The lowest BCUT2D eigenvalue weighted by molar-refractivity contribution is 0.0693. The van der Waals surface area contributed by atoms with Gasteiger partial charge in [0, 0.05) is 52.6 Å². The number of nitrogens with zero attached hydrogens (tertiary/aromatic N) is 2. The zero-order valence-electron chi connectivity index (χ0n) is 16.9. The Hall–Kier alpha value is -3.19. The minimum atomic E-state index is -1.20. The summed E-state index contributed by atoms with van der Waals surface area (Å²) < 4.78 is 1.98. The summed E-state index contributed by atoms with van der Waals surface area (Å²) in [6.45, 7) is 6.42. The molecule has 0 unspecified atom stereocenters. The number of carboxylic acids is 1. The number of fused-ring (bicyclic) bond motifs is 5. The minimum absolute atomic E-state index is 0.0101. The molecular weight excluding hydrogens is 398 g/mol. The Morgan fingerprint density at radius 2 is 2.10 bits per heavy atom. The molecule has 5 rings (SSSR count). The normalized spacial score (nSPS) is 15.8. The lowest BCUT2D eigenvalue weighted by Gasteiger charge is -2.39. The second kappa shape index (κ2) is 6.40. The number of benzene rings is 1. The van der Waals surface area contributed by atoms with Crippen molar-refractivity contribution in [2.75, 3.05) is 0 Å². The van der Waals surface area contributed by atoms with Gasteiger partial charge in [-0.15, -0.1) is 11.3 Å². The number of carbonyl (C=O) groups is 1. The number of thiazole rings is 1. The molecule has 1 aliphatic heterocycles. The van der Waals surface area contributed by atoms with E-state index in [2.05, 4.69) is 42.9 Å². The molecule has 0 fully saturated rings. The minimum Gasteiger partial charge on any atom is -0.477 e. The number of hydrogen-bond donors (Lipinski definition) is 2. The molecule has 0 saturated heterocycles. The maximum absolute atomic E-state index is 12.6. The first kappa shape index (κ1) is 18.8. The van der Waals surface area contributed by atoms with Crippen LogP contribution in [0.2, 0.25) is 0 Å². The Kier molecular flexibility index (Phi) is 4.02. The van der Waals surface area contributed by atoms with Crippen molar-refractivity contribution in [1.82, 2.24) is 14.5 Å². The van der Waals surface area contributed by atoms with E-state index in [1.165, 1.54) is 12.3 Å². The quantitative estimate of drug-likeness (QED) is 0.481. The maximum Gasteiger partial charge on any atom is 0.341 e. The number of aromatic carboxylic acids is 1. The molecule has 0 aliphatic carbocycles. The van der Waals surface area contributed by atoms with E-state index in [-0.39, 0.29) is 17.0 Å². The van der Waals surface area contributed by atoms with Gasteiger partial charge in [-0.25, -0.2) is 9.78 Å².